The van der Waals surface area contributed by atoms with Gasteiger partial charge in [0, 0.05) is 39.0 Å². The zero-order valence-electron chi connectivity index (χ0n) is 11.7. The van der Waals surface area contributed by atoms with Crippen molar-refractivity contribution in [3.8, 4) is 0 Å². The molecular weight excluding hydrogens is 230 g/mol. The fourth-order valence-electron chi connectivity index (χ4n) is 2.10. The number of likely N-dealkylation sites (N-methyl/N-ethyl adjacent to an activating group) is 1. The highest BCUT2D eigenvalue weighted by Gasteiger charge is 2.22. The second-order valence-corrected chi connectivity index (χ2v) is 5.35. The average molecular weight is 255 g/mol. The number of amides is 2. The Bertz CT molecular complexity index is 286. The molecule has 0 aromatic carbocycles. The summed E-state index contributed by atoms with van der Waals surface area (Å²) in [4.78, 5) is 25.1. The van der Waals surface area contributed by atoms with Gasteiger partial charge in [0.1, 0.15) is 0 Å². The van der Waals surface area contributed by atoms with Gasteiger partial charge < -0.3 is 15.5 Å². The molecule has 1 saturated heterocycles. The molecule has 1 fully saturated rings. The molecule has 0 spiro atoms. The number of hydrogen-bond donors (Lipinski definition) is 2. The topological polar surface area (TPSA) is 61.4 Å². The fraction of sp³-hybridized carbons (Fsp3) is 0.846. The van der Waals surface area contributed by atoms with Gasteiger partial charge in [-0.3, -0.25) is 9.59 Å². The van der Waals surface area contributed by atoms with E-state index in [0.29, 0.717) is 31.3 Å². The smallest absolute Gasteiger partial charge is 0.224 e. The van der Waals surface area contributed by atoms with Crippen LogP contribution in [0.15, 0.2) is 0 Å². The molecular formula is C13H25N3O2. The zero-order chi connectivity index (χ0) is 13.5. The molecule has 1 heterocycles. The predicted octanol–water partition coefficient (Wildman–Crippen LogP) is 0.359. The number of nitrogens with zero attached hydrogens (tertiary/aromatic N) is 1. The van der Waals surface area contributed by atoms with Gasteiger partial charge in [-0.25, -0.2) is 0 Å². The summed E-state index contributed by atoms with van der Waals surface area (Å²) in [7, 11) is 1.84. The lowest BCUT2D eigenvalue weighted by molar-refractivity contribution is -0.131. The fourth-order valence-corrected chi connectivity index (χ4v) is 2.10. The molecule has 2 N–H and O–H groups in total. The first kappa shape index (κ1) is 15.0. The number of hydrogen-bond acceptors (Lipinski definition) is 3. The summed E-state index contributed by atoms with van der Waals surface area (Å²) in [5.74, 6) is 0.490. The Morgan fingerprint density at radius 3 is 2.72 bits per heavy atom. The van der Waals surface area contributed by atoms with Gasteiger partial charge in [0.05, 0.1) is 0 Å². The normalized spacial score (nSPS) is 19.0. The van der Waals surface area contributed by atoms with E-state index in [9.17, 15) is 9.59 Å². The van der Waals surface area contributed by atoms with Crippen molar-refractivity contribution in [2.75, 3.05) is 26.7 Å². The maximum absolute atomic E-state index is 11.9. The largest absolute Gasteiger partial charge is 0.356 e. The van der Waals surface area contributed by atoms with E-state index in [4.69, 9.17) is 0 Å². The van der Waals surface area contributed by atoms with Gasteiger partial charge in [0.2, 0.25) is 11.8 Å². The SMILES string of the molecule is CC(C)CC(=O)NCCC(=O)N(C)C1CCNC1. The van der Waals surface area contributed by atoms with Crippen LogP contribution in [0.3, 0.4) is 0 Å². The summed E-state index contributed by atoms with van der Waals surface area (Å²) in [6.45, 7) is 6.31. The van der Waals surface area contributed by atoms with Crippen molar-refractivity contribution in [3.05, 3.63) is 0 Å². The second-order valence-electron chi connectivity index (χ2n) is 5.35. The monoisotopic (exact) mass is 255 g/mol. The molecule has 1 atom stereocenters. The van der Waals surface area contributed by atoms with Gasteiger partial charge in [-0.2, -0.15) is 0 Å². The van der Waals surface area contributed by atoms with Crippen LogP contribution in [0.4, 0.5) is 0 Å². The Morgan fingerprint density at radius 2 is 2.17 bits per heavy atom. The van der Waals surface area contributed by atoms with Crippen LogP contribution in [0.1, 0.15) is 33.1 Å². The van der Waals surface area contributed by atoms with Gasteiger partial charge in [-0.15, -0.1) is 0 Å². The molecule has 0 aromatic heterocycles. The molecule has 1 aliphatic rings. The van der Waals surface area contributed by atoms with Crippen LogP contribution in [-0.2, 0) is 9.59 Å². The molecule has 1 rings (SSSR count). The van der Waals surface area contributed by atoms with Gasteiger partial charge in [-0.1, -0.05) is 13.8 Å². The van der Waals surface area contributed by atoms with Gasteiger partial charge in [0.25, 0.3) is 0 Å². The molecule has 0 aromatic rings. The zero-order valence-corrected chi connectivity index (χ0v) is 11.7. The van der Waals surface area contributed by atoms with Crippen LogP contribution >= 0.6 is 0 Å². The van der Waals surface area contributed by atoms with Crippen molar-refractivity contribution in [2.24, 2.45) is 5.92 Å². The number of rotatable bonds is 6. The highest BCUT2D eigenvalue weighted by atomic mass is 16.2. The van der Waals surface area contributed by atoms with E-state index >= 15 is 0 Å². The van der Waals surface area contributed by atoms with Gasteiger partial charge in [-0.05, 0) is 18.9 Å². The molecule has 1 aliphatic heterocycles. The molecule has 104 valence electrons. The summed E-state index contributed by atoms with van der Waals surface area (Å²) < 4.78 is 0. The summed E-state index contributed by atoms with van der Waals surface area (Å²) in [6, 6.07) is 0.309. The highest BCUT2D eigenvalue weighted by Crippen LogP contribution is 2.07. The van der Waals surface area contributed by atoms with Crippen molar-refractivity contribution in [3.63, 3.8) is 0 Å². The van der Waals surface area contributed by atoms with E-state index in [-0.39, 0.29) is 11.8 Å². The standard InChI is InChI=1S/C13H25N3O2/c1-10(2)8-12(17)15-7-5-13(18)16(3)11-4-6-14-9-11/h10-11,14H,4-9H2,1-3H3,(H,15,17). The lowest BCUT2D eigenvalue weighted by Gasteiger charge is -2.23. The molecule has 18 heavy (non-hydrogen) atoms. The molecule has 2 amide bonds. The first-order valence-electron chi connectivity index (χ1n) is 6.73. The minimum absolute atomic E-state index is 0.0305. The first-order valence-corrected chi connectivity index (χ1v) is 6.73. The van der Waals surface area contributed by atoms with Crippen LogP contribution in [0.25, 0.3) is 0 Å². The highest BCUT2D eigenvalue weighted by molar-refractivity contribution is 5.79. The Labute approximate surface area is 109 Å². The van der Waals surface area contributed by atoms with Gasteiger partial charge in [0.15, 0.2) is 0 Å². The molecule has 0 aliphatic carbocycles. The molecule has 0 bridgehead atoms. The minimum Gasteiger partial charge on any atom is -0.356 e. The van der Waals surface area contributed by atoms with Crippen molar-refractivity contribution in [1.82, 2.24) is 15.5 Å². The van der Waals surface area contributed by atoms with Gasteiger partial charge >= 0.3 is 0 Å². The molecule has 1 unspecified atom stereocenters. The van der Waals surface area contributed by atoms with Crippen molar-refractivity contribution < 1.29 is 9.59 Å². The number of carbonyl (C=O) groups is 2. The maximum atomic E-state index is 11.9. The van der Waals surface area contributed by atoms with Crippen LogP contribution in [0.5, 0.6) is 0 Å². The molecule has 0 radical (unpaired) electrons. The Morgan fingerprint density at radius 1 is 1.44 bits per heavy atom. The summed E-state index contributed by atoms with van der Waals surface area (Å²) in [5, 5.41) is 6.03. The third kappa shape index (κ3) is 5.04. The molecule has 5 nitrogen and oxygen atoms in total. The van der Waals surface area contributed by atoms with E-state index in [1.54, 1.807) is 4.90 Å². The second kappa shape index (κ2) is 7.36. The van der Waals surface area contributed by atoms with Crippen LogP contribution in [0, 0.1) is 5.92 Å². The third-order valence-electron chi connectivity index (χ3n) is 3.23. The summed E-state index contributed by atoms with van der Waals surface area (Å²) in [5.41, 5.74) is 0. The summed E-state index contributed by atoms with van der Waals surface area (Å²) in [6.07, 6.45) is 1.93. The quantitative estimate of drug-likeness (QED) is 0.720. The first-order chi connectivity index (χ1) is 8.50. The lowest BCUT2D eigenvalue weighted by atomic mass is 10.1. The van der Waals surface area contributed by atoms with E-state index in [2.05, 4.69) is 10.6 Å². The van der Waals surface area contributed by atoms with E-state index in [1.807, 2.05) is 20.9 Å². The Hall–Kier alpha value is -1.10. The lowest BCUT2D eigenvalue weighted by Crippen LogP contribution is -2.40. The number of carbonyl (C=O) groups excluding carboxylic acids is 2. The van der Waals surface area contributed by atoms with Crippen LogP contribution in [-0.4, -0.2) is 49.4 Å². The van der Waals surface area contributed by atoms with Crippen molar-refractivity contribution in [1.29, 1.82) is 0 Å². The van der Waals surface area contributed by atoms with Crippen LogP contribution in [0.2, 0.25) is 0 Å². The van der Waals surface area contributed by atoms with Crippen molar-refractivity contribution >= 4 is 11.8 Å². The maximum Gasteiger partial charge on any atom is 0.224 e. The van der Waals surface area contributed by atoms with E-state index in [1.165, 1.54) is 0 Å². The average Bonchev–Trinajstić information content (AvgIpc) is 2.80. The van der Waals surface area contributed by atoms with Crippen LogP contribution < -0.4 is 10.6 Å². The summed E-state index contributed by atoms with van der Waals surface area (Å²) >= 11 is 0. The number of nitrogens with one attached hydrogen (secondary N) is 2. The Balaban J connectivity index is 2.18. The van der Waals surface area contributed by atoms with E-state index < -0.39 is 0 Å². The molecule has 0 saturated carbocycles. The van der Waals surface area contributed by atoms with E-state index in [0.717, 1.165) is 19.5 Å². The minimum atomic E-state index is 0.0305. The molecule has 5 heteroatoms. The predicted molar refractivity (Wildman–Crippen MR) is 71.1 cm³/mol. The van der Waals surface area contributed by atoms with Crippen molar-refractivity contribution in [2.45, 2.75) is 39.2 Å². The Kier molecular flexibility index (Phi) is 6.12. The third-order valence-corrected chi connectivity index (χ3v) is 3.23.